The van der Waals surface area contributed by atoms with Crippen molar-refractivity contribution >= 4 is 39.2 Å². The summed E-state index contributed by atoms with van der Waals surface area (Å²) in [5.41, 5.74) is 1.95. The minimum atomic E-state index is -0.538. The van der Waals surface area contributed by atoms with Crippen LogP contribution in [-0.2, 0) is 11.2 Å². The molecule has 2 aromatic carbocycles. The highest BCUT2D eigenvalue weighted by molar-refractivity contribution is 6.01. The topological polar surface area (TPSA) is 136 Å². The molecule has 4 unspecified atom stereocenters. The zero-order chi connectivity index (χ0) is 43.4. The van der Waals surface area contributed by atoms with Crippen LogP contribution in [0.4, 0.5) is 16.0 Å². The number of aromatic hydroxyl groups is 1. The van der Waals surface area contributed by atoms with Gasteiger partial charge in [0.05, 0.1) is 5.39 Å². The van der Waals surface area contributed by atoms with Crippen molar-refractivity contribution in [2.45, 2.75) is 116 Å². The van der Waals surface area contributed by atoms with Gasteiger partial charge in [0.25, 0.3) is 0 Å². The molecule has 2 bridgehead atoms. The van der Waals surface area contributed by atoms with Gasteiger partial charge in [0.15, 0.2) is 17.4 Å². The first-order valence-electron chi connectivity index (χ1n) is 23.6. The van der Waals surface area contributed by atoms with Crippen molar-refractivity contribution in [1.82, 2.24) is 35.2 Å². The number of amides is 1. The van der Waals surface area contributed by atoms with Crippen LogP contribution >= 0.6 is 0 Å². The summed E-state index contributed by atoms with van der Waals surface area (Å²) in [6.45, 7) is 15.4. The monoisotopic (exact) mass is 859 g/mol. The minimum Gasteiger partial charge on any atom is -0.508 e. The number of piperazine rings is 1. The third-order valence-electron chi connectivity index (χ3n) is 14.7. The number of ether oxygens (including phenoxy) is 1. The summed E-state index contributed by atoms with van der Waals surface area (Å²) in [7, 11) is 0. The van der Waals surface area contributed by atoms with Crippen LogP contribution in [-0.4, -0.2) is 118 Å². The predicted octanol–water partition coefficient (Wildman–Crippen LogP) is 7.69. The first-order valence-corrected chi connectivity index (χ1v) is 23.6. The van der Waals surface area contributed by atoms with E-state index in [2.05, 4.69) is 52.9 Å². The van der Waals surface area contributed by atoms with Gasteiger partial charge in [-0.05, 0) is 105 Å². The molecule has 8 heterocycles. The predicted molar refractivity (Wildman–Crippen MR) is 243 cm³/mol. The summed E-state index contributed by atoms with van der Waals surface area (Å²) >= 11 is 0. The maximum atomic E-state index is 17.1. The van der Waals surface area contributed by atoms with E-state index < -0.39 is 5.82 Å². The number of likely N-dealkylation sites (tertiary alicyclic amines) is 2. The second kappa shape index (κ2) is 17.5. The van der Waals surface area contributed by atoms with Crippen LogP contribution in [0.3, 0.4) is 0 Å². The SMILES string of the molecule is CCc1cccc2cc(O)cc(-c3ncc4c(N5CC6CCC(C5)N6)nc(OC5CCN(CC6CCN(c7cc(C(C(=O)N8CCCC8C)C(C)C)on7)CC6)CC5)nc4c3F)c12. The fourth-order valence-corrected chi connectivity index (χ4v) is 11.3. The molecule has 5 saturated heterocycles. The van der Waals surface area contributed by atoms with Gasteiger partial charge in [-0.3, -0.25) is 9.78 Å². The Balaban J connectivity index is 0.812. The van der Waals surface area contributed by atoms with Crippen molar-refractivity contribution in [2.75, 3.05) is 62.2 Å². The van der Waals surface area contributed by atoms with E-state index in [-0.39, 0.29) is 52.9 Å². The molecule has 0 saturated carbocycles. The van der Waals surface area contributed by atoms with Gasteiger partial charge in [-0.25, -0.2) is 4.39 Å². The third-order valence-corrected chi connectivity index (χ3v) is 14.7. The molecular formula is C49H62FN9O4. The van der Waals surface area contributed by atoms with Crippen molar-refractivity contribution < 1.29 is 23.6 Å². The van der Waals surface area contributed by atoms with Gasteiger partial charge in [0, 0.05) is 88.3 Å². The highest BCUT2D eigenvalue weighted by Gasteiger charge is 2.38. The maximum Gasteiger partial charge on any atom is 0.319 e. The van der Waals surface area contributed by atoms with Crippen LogP contribution < -0.4 is 19.9 Å². The van der Waals surface area contributed by atoms with Gasteiger partial charge in [-0.15, -0.1) is 0 Å². The summed E-state index contributed by atoms with van der Waals surface area (Å²) in [5, 5.41) is 21.2. The highest BCUT2D eigenvalue weighted by Crippen LogP contribution is 2.40. The normalized spacial score (nSPS) is 23.1. The molecule has 14 heteroatoms. The largest absolute Gasteiger partial charge is 0.508 e. The van der Waals surface area contributed by atoms with Crippen LogP contribution in [0.5, 0.6) is 11.8 Å². The molecule has 0 radical (unpaired) electrons. The number of aromatic nitrogens is 4. The number of phenolic OH excluding ortho intramolecular Hbond substituents is 1. The Hall–Kier alpha value is -5.08. The molecule has 13 nitrogen and oxygen atoms in total. The van der Waals surface area contributed by atoms with E-state index in [4.69, 9.17) is 24.2 Å². The minimum absolute atomic E-state index is 0.0605. The fraction of sp³-hybridized carbons (Fsp3) is 0.571. The molecule has 0 spiro atoms. The Morgan fingerprint density at radius 2 is 1.75 bits per heavy atom. The average molecular weight is 860 g/mol. The van der Waals surface area contributed by atoms with Gasteiger partial charge in [0.2, 0.25) is 5.91 Å². The van der Waals surface area contributed by atoms with Gasteiger partial charge >= 0.3 is 6.01 Å². The lowest BCUT2D eigenvalue weighted by molar-refractivity contribution is -0.134. The van der Waals surface area contributed by atoms with Gasteiger partial charge in [-0.1, -0.05) is 44.1 Å². The van der Waals surface area contributed by atoms with E-state index in [0.717, 1.165) is 132 Å². The standard InChI is InChI=1S/C49H62FN9O4/c1-5-32-9-6-10-33-22-36(60)23-38(43(32)33)45-44(50)46-39(25-51-45)47(58-27-34-11-12-35(28-58)52-34)54-49(53-46)62-37-15-18-56(19-16-37)26-31-13-20-57(21-14-31)41-24-40(63-55-41)42(29(2)3)48(61)59-17-7-8-30(59)4/h6,9-10,22-25,29-31,34-35,37,42,52,60H,5,7-8,11-21,26-28H2,1-4H3. The molecule has 63 heavy (non-hydrogen) atoms. The molecule has 10 rings (SSSR count). The second-order valence-electron chi connectivity index (χ2n) is 19.3. The molecule has 5 aliphatic heterocycles. The number of piperidine rings is 2. The third kappa shape index (κ3) is 8.29. The van der Waals surface area contributed by atoms with E-state index in [9.17, 15) is 9.90 Å². The summed E-state index contributed by atoms with van der Waals surface area (Å²) in [4.78, 5) is 37.3. The quantitative estimate of drug-likeness (QED) is 0.135. The Bertz CT molecular complexity index is 2450. The number of carbonyl (C=O) groups excluding carboxylic acids is 1. The molecule has 4 atom stereocenters. The van der Waals surface area contributed by atoms with Crippen LogP contribution in [0, 0.1) is 17.7 Å². The summed E-state index contributed by atoms with van der Waals surface area (Å²) in [6.07, 6.45) is 10.5. The first-order chi connectivity index (χ1) is 30.6. The number of pyridine rings is 1. The summed E-state index contributed by atoms with van der Waals surface area (Å²) < 4.78 is 29.6. The number of halogens is 1. The number of fused-ring (bicyclic) bond motifs is 4. The van der Waals surface area contributed by atoms with Crippen molar-refractivity contribution in [3.63, 3.8) is 0 Å². The molecule has 3 aromatic heterocycles. The number of hydrogen-bond donors (Lipinski definition) is 2. The molecule has 334 valence electrons. The lowest BCUT2D eigenvalue weighted by Gasteiger charge is -2.37. The van der Waals surface area contributed by atoms with Gasteiger partial charge in [0.1, 0.15) is 34.8 Å². The van der Waals surface area contributed by atoms with Gasteiger partial charge in [-0.2, -0.15) is 9.97 Å². The number of rotatable bonds is 11. The van der Waals surface area contributed by atoms with E-state index in [1.54, 1.807) is 18.3 Å². The van der Waals surface area contributed by atoms with E-state index in [1.807, 2.05) is 29.2 Å². The number of nitrogens with zero attached hydrogens (tertiary/aromatic N) is 8. The van der Waals surface area contributed by atoms with Crippen LogP contribution in [0.25, 0.3) is 32.9 Å². The number of nitrogens with one attached hydrogen (secondary N) is 1. The molecule has 5 aliphatic rings. The van der Waals surface area contributed by atoms with E-state index >= 15 is 4.39 Å². The molecule has 1 amide bonds. The molecule has 2 N–H and O–H groups in total. The van der Waals surface area contributed by atoms with E-state index in [1.165, 1.54) is 0 Å². The van der Waals surface area contributed by atoms with Crippen molar-refractivity contribution in [3.05, 3.63) is 59.7 Å². The van der Waals surface area contributed by atoms with Crippen molar-refractivity contribution in [1.29, 1.82) is 0 Å². The molecular weight excluding hydrogens is 798 g/mol. The molecule has 5 fully saturated rings. The lowest BCUT2D eigenvalue weighted by atomic mass is 9.91. The van der Waals surface area contributed by atoms with Crippen LogP contribution in [0.1, 0.15) is 96.3 Å². The number of phenols is 1. The smallest absolute Gasteiger partial charge is 0.319 e. The van der Waals surface area contributed by atoms with Crippen molar-refractivity contribution in [3.8, 4) is 23.0 Å². The Morgan fingerprint density at radius 3 is 2.46 bits per heavy atom. The van der Waals surface area contributed by atoms with E-state index in [0.29, 0.717) is 40.5 Å². The average Bonchev–Trinajstić information content (AvgIpc) is 4.03. The Kier molecular flexibility index (Phi) is 11.6. The number of benzene rings is 2. The lowest BCUT2D eigenvalue weighted by Crippen LogP contribution is -2.51. The number of aryl methyl sites for hydroxylation is 1. The summed E-state index contributed by atoms with van der Waals surface area (Å²) in [5.74, 6) is 2.25. The number of anilines is 2. The number of carbonyl (C=O) groups is 1. The van der Waals surface area contributed by atoms with Crippen molar-refractivity contribution in [2.24, 2.45) is 11.8 Å². The Morgan fingerprint density at radius 1 is 0.968 bits per heavy atom. The zero-order valence-corrected chi connectivity index (χ0v) is 37.2. The fourth-order valence-electron chi connectivity index (χ4n) is 11.3. The Labute approximate surface area is 369 Å². The van der Waals surface area contributed by atoms with Gasteiger partial charge < -0.3 is 39.3 Å². The summed E-state index contributed by atoms with van der Waals surface area (Å²) in [6, 6.07) is 12.5. The highest BCUT2D eigenvalue weighted by atomic mass is 19.1. The number of hydrogen-bond acceptors (Lipinski definition) is 12. The first kappa shape index (κ1) is 41.9. The zero-order valence-electron chi connectivity index (χ0n) is 37.2. The molecule has 0 aliphatic carbocycles. The molecule has 5 aromatic rings. The second-order valence-corrected chi connectivity index (χ2v) is 19.3. The maximum absolute atomic E-state index is 17.1. The van der Waals surface area contributed by atoms with Crippen LogP contribution in [0.15, 0.2) is 47.1 Å². The van der Waals surface area contributed by atoms with Crippen LogP contribution in [0.2, 0.25) is 0 Å².